The number of hydrazine groups is 1. The summed E-state index contributed by atoms with van der Waals surface area (Å²) >= 11 is 0. The molecule has 168 valence electrons. The number of nitrogens with one attached hydrogen (secondary N) is 1. The number of carbonyl (C=O) groups is 1. The van der Waals surface area contributed by atoms with Gasteiger partial charge in [-0.3, -0.25) is 10.2 Å². The molecule has 3 aromatic rings. The Hall–Kier alpha value is -3.59. The lowest BCUT2D eigenvalue weighted by atomic mass is 10.1. The fraction of sp³-hybridized carbons (Fsp3) is 0.348. The van der Waals surface area contributed by atoms with Gasteiger partial charge in [-0.1, -0.05) is 12.1 Å². The number of anilines is 1. The number of benzene rings is 2. The number of fused-ring (bicyclic) bond motifs is 1. The second-order valence-corrected chi connectivity index (χ2v) is 8.03. The van der Waals surface area contributed by atoms with Crippen molar-refractivity contribution in [2.75, 3.05) is 38.2 Å². The predicted octanol–water partition coefficient (Wildman–Crippen LogP) is 2.30. The molecule has 9 nitrogen and oxygen atoms in total. The van der Waals surface area contributed by atoms with Gasteiger partial charge in [-0.15, -0.1) is 0 Å². The number of hydrogen-bond donors (Lipinski definition) is 1. The summed E-state index contributed by atoms with van der Waals surface area (Å²) in [6.45, 7) is 7.71. The molecule has 1 amide bonds. The van der Waals surface area contributed by atoms with Gasteiger partial charge < -0.3 is 19.6 Å². The van der Waals surface area contributed by atoms with Crippen molar-refractivity contribution >= 4 is 22.6 Å². The molecule has 32 heavy (non-hydrogen) atoms. The number of aromatic nitrogens is 2. The molecule has 4 rings (SSSR count). The number of ether oxygens (including phenoxy) is 1. The third-order valence-electron chi connectivity index (χ3n) is 6.06. The fourth-order valence-electron chi connectivity index (χ4n) is 4.06. The fourth-order valence-corrected chi connectivity index (χ4v) is 4.06. The van der Waals surface area contributed by atoms with Crippen LogP contribution in [-0.4, -0.2) is 48.9 Å². The molecule has 0 aliphatic carbocycles. The van der Waals surface area contributed by atoms with E-state index in [0.717, 1.165) is 22.6 Å². The Morgan fingerprint density at radius 1 is 1.06 bits per heavy atom. The van der Waals surface area contributed by atoms with Crippen molar-refractivity contribution in [1.82, 2.24) is 15.2 Å². The standard InChI is InChI=1S/C23H27N5O4/c1-15-13-19-20(14-16(15)2)28(31)22(17(3)27(19)30)23(29)24-26-11-9-25(10-12-26)18-7-5-6-8-21(18)32-4/h5-8,13-14H,9-12H2,1-4H3,(H,24,29). The van der Waals surface area contributed by atoms with E-state index in [-0.39, 0.29) is 22.4 Å². The quantitative estimate of drug-likeness (QED) is 0.630. The van der Waals surface area contributed by atoms with Gasteiger partial charge in [0.2, 0.25) is 0 Å². The highest BCUT2D eigenvalue weighted by Crippen LogP contribution is 2.28. The lowest BCUT2D eigenvalue weighted by molar-refractivity contribution is -0.468. The predicted molar refractivity (Wildman–Crippen MR) is 123 cm³/mol. The molecule has 1 aliphatic rings. The highest BCUT2D eigenvalue weighted by Gasteiger charge is 2.30. The first-order valence-corrected chi connectivity index (χ1v) is 10.5. The smallest absolute Gasteiger partial charge is 0.347 e. The maximum Gasteiger partial charge on any atom is 0.347 e. The van der Waals surface area contributed by atoms with Gasteiger partial charge in [0.25, 0.3) is 5.52 Å². The van der Waals surface area contributed by atoms with Crippen LogP contribution >= 0.6 is 0 Å². The summed E-state index contributed by atoms with van der Waals surface area (Å²) in [7, 11) is 1.64. The van der Waals surface area contributed by atoms with E-state index in [1.807, 2.05) is 38.1 Å². The van der Waals surface area contributed by atoms with Crippen molar-refractivity contribution in [3.05, 3.63) is 69.0 Å². The van der Waals surface area contributed by atoms with Gasteiger partial charge in [0.05, 0.1) is 22.9 Å². The summed E-state index contributed by atoms with van der Waals surface area (Å²) in [5.74, 6) is 0.211. The van der Waals surface area contributed by atoms with Crippen molar-refractivity contribution in [3.8, 4) is 5.75 Å². The Balaban J connectivity index is 1.54. The van der Waals surface area contributed by atoms with E-state index >= 15 is 0 Å². The molecule has 1 N–H and O–H groups in total. The third kappa shape index (κ3) is 3.75. The molecule has 0 atom stereocenters. The Kier molecular flexibility index (Phi) is 5.75. The molecule has 1 aliphatic heterocycles. The van der Waals surface area contributed by atoms with Crippen LogP contribution in [0.1, 0.15) is 27.3 Å². The van der Waals surface area contributed by atoms with Crippen molar-refractivity contribution in [2.45, 2.75) is 20.8 Å². The van der Waals surface area contributed by atoms with Gasteiger partial charge >= 0.3 is 11.6 Å². The van der Waals surface area contributed by atoms with E-state index in [1.165, 1.54) is 6.92 Å². The number of para-hydroxylation sites is 2. The Morgan fingerprint density at radius 3 is 2.41 bits per heavy atom. The Bertz CT molecular complexity index is 1250. The zero-order valence-electron chi connectivity index (χ0n) is 18.7. The number of amides is 1. The van der Waals surface area contributed by atoms with Crippen LogP contribution in [0.15, 0.2) is 36.4 Å². The normalized spacial score (nSPS) is 14.6. The minimum absolute atomic E-state index is 0.0703. The maximum atomic E-state index is 13.0. The van der Waals surface area contributed by atoms with Crippen molar-refractivity contribution in [3.63, 3.8) is 0 Å². The molecule has 1 aromatic heterocycles. The number of piperazine rings is 1. The first kappa shape index (κ1) is 21.6. The van der Waals surface area contributed by atoms with Crippen LogP contribution in [0.4, 0.5) is 5.69 Å². The highest BCUT2D eigenvalue weighted by atomic mass is 16.5. The van der Waals surface area contributed by atoms with Crippen LogP contribution in [0, 0.1) is 30.9 Å². The van der Waals surface area contributed by atoms with E-state index < -0.39 is 5.91 Å². The Labute approximate surface area is 186 Å². The molecule has 0 unspecified atom stereocenters. The van der Waals surface area contributed by atoms with Crippen molar-refractivity contribution in [1.29, 1.82) is 0 Å². The summed E-state index contributed by atoms with van der Waals surface area (Å²) in [6.07, 6.45) is 0. The van der Waals surface area contributed by atoms with Gasteiger partial charge in [0, 0.05) is 37.2 Å². The van der Waals surface area contributed by atoms with Gasteiger partial charge in [-0.05, 0) is 50.1 Å². The lowest BCUT2D eigenvalue weighted by Crippen LogP contribution is -2.54. The second-order valence-electron chi connectivity index (χ2n) is 8.03. The van der Waals surface area contributed by atoms with Crippen LogP contribution in [0.2, 0.25) is 0 Å². The summed E-state index contributed by atoms with van der Waals surface area (Å²) in [4.78, 5) is 28.2. The molecule has 1 fully saturated rings. The van der Waals surface area contributed by atoms with Gasteiger partial charge in [0.1, 0.15) is 11.3 Å². The topological polar surface area (TPSA) is 95.8 Å². The van der Waals surface area contributed by atoms with E-state index in [9.17, 15) is 14.9 Å². The van der Waals surface area contributed by atoms with Gasteiger partial charge in [-0.25, -0.2) is 5.01 Å². The highest BCUT2D eigenvalue weighted by molar-refractivity contribution is 5.92. The molecule has 0 radical (unpaired) electrons. The van der Waals surface area contributed by atoms with Crippen LogP contribution in [-0.2, 0) is 0 Å². The summed E-state index contributed by atoms with van der Waals surface area (Å²) in [6, 6.07) is 11.1. The largest absolute Gasteiger partial charge is 0.805 e. The molecule has 0 saturated carbocycles. The van der Waals surface area contributed by atoms with E-state index in [4.69, 9.17) is 4.74 Å². The molecule has 0 spiro atoms. The minimum Gasteiger partial charge on any atom is -0.805 e. The van der Waals surface area contributed by atoms with Gasteiger partial charge in [0.15, 0.2) is 0 Å². The van der Waals surface area contributed by atoms with Gasteiger partial charge in [-0.2, -0.15) is 0 Å². The third-order valence-corrected chi connectivity index (χ3v) is 6.06. The second kappa shape index (κ2) is 8.51. The lowest BCUT2D eigenvalue weighted by Gasteiger charge is -2.36. The van der Waals surface area contributed by atoms with E-state index in [0.29, 0.717) is 35.3 Å². The van der Waals surface area contributed by atoms with Crippen LogP contribution < -0.4 is 19.5 Å². The summed E-state index contributed by atoms with van der Waals surface area (Å²) < 4.78 is 6.66. The van der Waals surface area contributed by atoms with Crippen LogP contribution in [0.3, 0.4) is 0 Å². The average Bonchev–Trinajstić information content (AvgIpc) is 2.79. The number of carbonyl (C=O) groups excluding carboxylic acids is 1. The first-order chi connectivity index (χ1) is 15.3. The summed E-state index contributed by atoms with van der Waals surface area (Å²) in [5, 5.41) is 14.5. The van der Waals surface area contributed by atoms with Crippen molar-refractivity contribution < 1.29 is 14.0 Å². The molecular weight excluding hydrogens is 410 g/mol. The molecule has 2 heterocycles. The molecule has 0 bridgehead atoms. The number of rotatable bonds is 4. The zero-order valence-corrected chi connectivity index (χ0v) is 18.7. The molecule has 1 saturated heterocycles. The number of nitrogens with zero attached hydrogens (tertiary/aromatic N) is 4. The minimum atomic E-state index is -0.590. The number of hydrogen-bond acceptors (Lipinski definition) is 6. The number of methoxy groups -OCH3 is 1. The number of aryl methyl sites for hydroxylation is 2. The molecule has 9 heteroatoms. The van der Waals surface area contributed by atoms with Crippen LogP contribution in [0.5, 0.6) is 5.75 Å². The molecular formula is C23H27N5O4. The SMILES string of the molecule is COc1ccccc1N1CCN(NC(=O)c2c(C)n([O-])c3cc(C)c(C)cc3[n+]2=O)CC1. The van der Waals surface area contributed by atoms with E-state index in [2.05, 4.69) is 10.3 Å². The van der Waals surface area contributed by atoms with Crippen LogP contribution in [0.25, 0.3) is 11.0 Å². The monoisotopic (exact) mass is 437 g/mol. The maximum absolute atomic E-state index is 13.0. The Morgan fingerprint density at radius 2 is 1.72 bits per heavy atom. The van der Waals surface area contributed by atoms with E-state index in [1.54, 1.807) is 24.3 Å². The molecule has 2 aromatic carbocycles. The average molecular weight is 438 g/mol. The first-order valence-electron chi connectivity index (χ1n) is 10.5. The summed E-state index contributed by atoms with van der Waals surface area (Å²) in [5.41, 5.74) is 5.90. The zero-order chi connectivity index (χ0) is 23.0. The van der Waals surface area contributed by atoms with Crippen molar-refractivity contribution in [2.24, 2.45) is 0 Å².